The highest BCUT2D eigenvalue weighted by atomic mass is 32.2. The molecule has 0 saturated heterocycles. The first-order chi connectivity index (χ1) is 16.4. The number of benzene rings is 2. The molecule has 0 fully saturated rings. The molecule has 2 N–H and O–H groups in total. The number of alkyl halides is 3. The summed E-state index contributed by atoms with van der Waals surface area (Å²) in [5, 5.41) is 7.14. The first-order valence-electron chi connectivity index (χ1n) is 10.7. The number of carbonyl (C=O) groups excluding carboxylic acids is 1. The van der Waals surface area contributed by atoms with Crippen molar-refractivity contribution in [1.82, 2.24) is 9.97 Å². The first-order valence-corrected chi connectivity index (χ1v) is 12.3. The number of urea groups is 1. The Kier molecular flexibility index (Phi) is 6.18. The van der Waals surface area contributed by atoms with Crippen LogP contribution in [-0.2, 0) is 19.0 Å². The average molecular weight is 501 g/mol. The Bertz CT molecular complexity index is 1370. The molecule has 34 heavy (non-hydrogen) atoms. The Morgan fingerprint density at radius 2 is 1.82 bits per heavy atom. The first kappa shape index (κ1) is 22.7. The van der Waals surface area contributed by atoms with Crippen LogP contribution >= 0.6 is 23.1 Å². The molecule has 0 spiro atoms. The Balaban J connectivity index is 1.38. The second kappa shape index (κ2) is 9.27. The second-order valence-electron chi connectivity index (χ2n) is 7.83. The number of nitrogens with zero attached hydrogens (tertiary/aromatic N) is 2. The predicted molar refractivity (Wildman–Crippen MR) is 129 cm³/mol. The molecule has 0 bridgehead atoms. The highest BCUT2D eigenvalue weighted by Crippen LogP contribution is 2.42. The van der Waals surface area contributed by atoms with E-state index in [0.717, 1.165) is 51.5 Å². The molecule has 2 aromatic heterocycles. The van der Waals surface area contributed by atoms with Crippen LogP contribution < -0.4 is 10.6 Å². The topological polar surface area (TPSA) is 66.9 Å². The van der Waals surface area contributed by atoms with Gasteiger partial charge in [0.1, 0.15) is 16.2 Å². The summed E-state index contributed by atoms with van der Waals surface area (Å²) in [4.78, 5) is 24.7. The van der Waals surface area contributed by atoms with E-state index in [0.29, 0.717) is 5.69 Å². The molecule has 2 heterocycles. The van der Waals surface area contributed by atoms with Gasteiger partial charge in [-0.2, -0.15) is 13.2 Å². The maximum Gasteiger partial charge on any atom is 0.416 e. The zero-order chi connectivity index (χ0) is 23.7. The molecule has 0 aliphatic heterocycles. The molecule has 10 heteroatoms. The molecule has 174 valence electrons. The summed E-state index contributed by atoms with van der Waals surface area (Å²) in [6, 6.07) is 11.2. The summed E-state index contributed by atoms with van der Waals surface area (Å²) in [7, 11) is 0. The Labute approximate surface area is 201 Å². The van der Waals surface area contributed by atoms with Crippen LogP contribution in [-0.4, -0.2) is 16.0 Å². The normalized spacial score (nSPS) is 13.5. The van der Waals surface area contributed by atoms with E-state index in [-0.39, 0.29) is 5.69 Å². The van der Waals surface area contributed by atoms with Gasteiger partial charge in [-0.1, -0.05) is 30.0 Å². The number of aryl methyl sites for hydroxylation is 2. The van der Waals surface area contributed by atoms with Gasteiger partial charge in [-0.25, -0.2) is 14.8 Å². The van der Waals surface area contributed by atoms with Crippen LogP contribution in [0.2, 0.25) is 0 Å². The summed E-state index contributed by atoms with van der Waals surface area (Å²) in [5.74, 6) is 0. The van der Waals surface area contributed by atoms with Crippen molar-refractivity contribution >= 4 is 50.7 Å². The summed E-state index contributed by atoms with van der Waals surface area (Å²) in [6.45, 7) is 0. The molecule has 4 aromatic rings. The largest absolute Gasteiger partial charge is 0.416 e. The Morgan fingerprint density at radius 3 is 2.68 bits per heavy atom. The summed E-state index contributed by atoms with van der Waals surface area (Å²) >= 11 is 3.16. The smallest absolute Gasteiger partial charge is 0.308 e. The fourth-order valence-electron chi connectivity index (χ4n) is 3.96. The zero-order valence-electron chi connectivity index (χ0n) is 17.8. The Morgan fingerprint density at radius 1 is 1.00 bits per heavy atom. The second-order valence-corrected chi connectivity index (χ2v) is 9.94. The van der Waals surface area contributed by atoms with E-state index in [2.05, 4.69) is 20.6 Å². The van der Waals surface area contributed by atoms with Crippen LogP contribution in [0.1, 0.15) is 28.8 Å². The molecular formula is C24H19F3N4OS2. The minimum Gasteiger partial charge on any atom is -0.308 e. The molecule has 0 atom stereocenters. The highest BCUT2D eigenvalue weighted by Gasteiger charge is 2.30. The lowest BCUT2D eigenvalue weighted by Crippen LogP contribution is -2.20. The molecule has 0 radical (unpaired) electrons. The number of amides is 2. The van der Waals surface area contributed by atoms with Crippen molar-refractivity contribution in [1.29, 1.82) is 0 Å². The number of hydrogen-bond donors (Lipinski definition) is 2. The van der Waals surface area contributed by atoms with Crippen LogP contribution in [0.5, 0.6) is 0 Å². The lowest BCUT2D eigenvalue weighted by atomic mass is 9.97. The molecule has 5 nitrogen and oxygen atoms in total. The summed E-state index contributed by atoms with van der Waals surface area (Å²) in [5.41, 5.74) is 1.09. The molecule has 0 saturated carbocycles. The van der Waals surface area contributed by atoms with Crippen molar-refractivity contribution in [3.63, 3.8) is 0 Å². The number of aromatic nitrogens is 2. The summed E-state index contributed by atoms with van der Waals surface area (Å²) in [6.07, 6.45) is 1.48. The molecule has 0 unspecified atom stereocenters. The van der Waals surface area contributed by atoms with Crippen LogP contribution in [0.4, 0.5) is 29.3 Å². The fraction of sp³-hybridized carbons (Fsp3) is 0.208. The number of nitrogens with one attached hydrogen (secondary N) is 2. The SMILES string of the molecule is O=C(Nc1cccc(C(F)(F)F)c1)Nc1ccccc1Sc1ncnc2sc3c(c12)CCCC3. The lowest BCUT2D eigenvalue weighted by molar-refractivity contribution is -0.137. The van der Waals surface area contributed by atoms with E-state index in [1.54, 1.807) is 29.8 Å². The molecular weight excluding hydrogens is 481 g/mol. The van der Waals surface area contributed by atoms with Crippen molar-refractivity contribution in [3.8, 4) is 0 Å². The fourth-order valence-corrected chi connectivity index (χ4v) is 6.26. The third kappa shape index (κ3) is 4.74. The van der Waals surface area contributed by atoms with Crippen molar-refractivity contribution in [2.45, 2.75) is 41.8 Å². The number of rotatable bonds is 4. The van der Waals surface area contributed by atoms with Gasteiger partial charge in [-0.3, -0.25) is 0 Å². The lowest BCUT2D eigenvalue weighted by Gasteiger charge is -2.14. The van der Waals surface area contributed by atoms with E-state index in [1.807, 2.05) is 12.1 Å². The molecule has 2 amide bonds. The predicted octanol–water partition coefficient (Wildman–Crippen LogP) is 7.38. The molecule has 5 rings (SSSR count). The van der Waals surface area contributed by atoms with Gasteiger partial charge in [0.05, 0.1) is 11.3 Å². The van der Waals surface area contributed by atoms with Gasteiger partial charge < -0.3 is 10.6 Å². The van der Waals surface area contributed by atoms with Gasteiger partial charge in [0.2, 0.25) is 0 Å². The number of halogens is 3. The van der Waals surface area contributed by atoms with E-state index in [4.69, 9.17) is 0 Å². The van der Waals surface area contributed by atoms with Crippen LogP contribution in [0.3, 0.4) is 0 Å². The van der Waals surface area contributed by atoms with Crippen LogP contribution in [0.15, 0.2) is 64.8 Å². The molecule has 2 aromatic carbocycles. The quantitative estimate of drug-likeness (QED) is 0.287. The van der Waals surface area contributed by atoms with Crippen LogP contribution in [0, 0.1) is 0 Å². The van der Waals surface area contributed by atoms with E-state index in [9.17, 15) is 18.0 Å². The van der Waals surface area contributed by atoms with Gasteiger partial charge in [-0.05, 0) is 61.6 Å². The minimum absolute atomic E-state index is 0.0554. The van der Waals surface area contributed by atoms with Crippen molar-refractivity contribution in [2.24, 2.45) is 0 Å². The van der Waals surface area contributed by atoms with Gasteiger partial charge in [-0.15, -0.1) is 11.3 Å². The third-order valence-corrected chi connectivity index (χ3v) is 7.78. The summed E-state index contributed by atoms with van der Waals surface area (Å²) < 4.78 is 38.9. The number of anilines is 2. The van der Waals surface area contributed by atoms with Gasteiger partial charge in [0, 0.05) is 20.8 Å². The number of para-hydroxylation sites is 1. The number of fused-ring (bicyclic) bond motifs is 3. The number of hydrogen-bond acceptors (Lipinski definition) is 5. The van der Waals surface area contributed by atoms with Gasteiger partial charge in [0.25, 0.3) is 0 Å². The zero-order valence-corrected chi connectivity index (χ0v) is 19.4. The van der Waals surface area contributed by atoms with Crippen molar-refractivity contribution in [3.05, 3.63) is 70.9 Å². The van der Waals surface area contributed by atoms with Crippen molar-refractivity contribution in [2.75, 3.05) is 10.6 Å². The maximum atomic E-state index is 13.0. The minimum atomic E-state index is -4.48. The van der Waals surface area contributed by atoms with Gasteiger partial charge >= 0.3 is 12.2 Å². The van der Waals surface area contributed by atoms with Crippen molar-refractivity contribution < 1.29 is 18.0 Å². The third-order valence-electron chi connectivity index (χ3n) is 5.51. The highest BCUT2D eigenvalue weighted by molar-refractivity contribution is 7.99. The van der Waals surface area contributed by atoms with Crippen LogP contribution in [0.25, 0.3) is 10.2 Å². The Hall–Kier alpha value is -3.11. The average Bonchev–Trinajstić information content (AvgIpc) is 3.19. The van der Waals surface area contributed by atoms with Gasteiger partial charge in [0.15, 0.2) is 0 Å². The molecule has 1 aliphatic carbocycles. The molecule has 1 aliphatic rings. The van der Waals surface area contributed by atoms with E-state index < -0.39 is 17.8 Å². The standard InChI is InChI=1S/C24H19F3N4OS2/c25-24(26,27)14-6-5-7-15(12-14)30-23(32)31-17-9-2-4-11-19(17)34-22-20-16-8-1-3-10-18(16)33-21(20)28-13-29-22/h2,4-7,9,11-13H,1,3,8,10H2,(H2,30,31,32). The monoisotopic (exact) mass is 500 g/mol. The maximum absolute atomic E-state index is 13.0. The van der Waals surface area contributed by atoms with E-state index in [1.165, 1.54) is 40.8 Å². The van der Waals surface area contributed by atoms with E-state index >= 15 is 0 Å². The number of carbonyl (C=O) groups is 1. The number of thiophene rings is 1.